The van der Waals surface area contributed by atoms with Crippen LogP contribution in [0.1, 0.15) is 88.7 Å². The lowest BCUT2D eigenvalue weighted by molar-refractivity contribution is 0.702. The van der Waals surface area contributed by atoms with Gasteiger partial charge in [-0.05, 0) is 50.1 Å². The Morgan fingerprint density at radius 1 is 1.03 bits per heavy atom. The number of halogens is 1. The average molecular weight is 482 g/mol. The van der Waals surface area contributed by atoms with E-state index in [0.717, 1.165) is 33.3 Å². The first-order chi connectivity index (χ1) is 16.4. The molecular weight excluding hydrogens is 442 g/mol. The van der Waals surface area contributed by atoms with E-state index >= 15 is 0 Å². The first-order valence-electron chi connectivity index (χ1n) is 12.3. The fourth-order valence-electron chi connectivity index (χ4n) is 3.63. The largest absolute Gasteiger partial charge is 0.387 e. The summed E-state index contributed by atoms with van der Waals surface area (Å²) in [7, 11) is 1.83. The van der Waals surface area contributed by atoms with Crippen molar-refractivity contribution in [2.24, 2.45) is 0 Å². The molecule has 6 heteroatoms. The number of nitrogens with one attached hydrogen (secondary N) is 2. The zero-order chi connectivity index (χ0) is 25.7. The molecule has 0 aliphatic carbocycles. The lowest BCUT2D eigenvalue weighted by atomic mass is 9.98. The third-order valence-electron chi connectivity index (χ3n) is 5.59. The van der Waals surface area contributed by atoms with E-state index < -0.39 is 0 Å². The SMILES string of the molecule is CC.CCCCCC.CNc1cc2c(N[C@H](C)c3cccc(C#N)c3C)nnc(C)c2cc1Cl. The normalized spacial score (nSPS) is 10.8. The lowest BCUT2D eigenvalue weighted by Gasteiger charge is -2.19. The lowest BCUT2D eigenvalue weighted by Crippen LogP contribution is -2.11. The molecule has 3 rings (SSSR count). The fourth-order valence-corrected chi connectivity index (χ4v) is 3.88. The summed E-state index contributed by atoms with van der Waals surface area (Å²) in [5.74, 6) is 0.688. The second kappa shape index (κ2) is 15.1. The monoisotopic (exact) mass is 481 g/mol. The summed E-state index contributed by atoms with van der Waals surface area (Å²) in [5, 5.41) is 27.0. The maximum Gasteiger partial charge on any atom is 0.157 e. The molecule has 0 amide bonds. The number of aromatic nitrogens is 2. The van der Waals surface area contributed by atoms with Crippen LogP contribution in [0.4, 0.5) is 11.5 Å². The Morgan fingerprint density at radius 2 is 1.68 bits per heavy atom. The summed E-state index contributed by atoms with van der Waals surface area (Å²) in [6.07, 6.45) is 5.54. The Morgan fingerprint density at radius 3 is 2.24 bits per heavy atom. The van der Waals surface area contributed by atoms with Crippen LogP contribution >= 0.6 is 11.6 Å². The Hall–Kier alpha value is -2.84. The van der Waals surface area contributed by atoms with Gasteiger partial charge in [-0.25, -0.2) is 0 Å². The summed E-state index contributed by atoms with van der Waals surface area (Å²) < 4.78 is 0. The predicted octanol–water partition coefficient (Wildman–Crippen LogP) is 8.60. The van der Waals surface area contributed by atoms with Crippen molar-refractivity contribution >= 4 is 33.9 Å². The van der Waals surface area contributed by atoms with Gasteiger partial charge in [0.05, 0.1) is 34.1 Å². The van der Waals surface area contributed by atoms with Crippen LogP contribution in [-0.4, -0.2) is 17.2 Å². The van der Waals surface area contributed by atoms with Crippen LogP contribution in [0.2, 0.25) is 5.02 Å². The number of unbranched alkanes of at least 4 members (excludes halogenated alkanes) is 3. The summed E-state index contributed by atoms with van der Waals surface area (Å²) >= 11 is 6.32. The van der Waals surface area contributed by atoms with E-state index in [4.69, 9.17) is 11.6 Å². The summed E-state index contributed by atoms with van der Waals surface area (Å²) in [4.78, 5) is 0. The quantitative estimate of drug-likeness (QED) is 0.330. The number of rotatable bonds is 7. The molecule has 0 saturated carbocycles. The first kappa shape index (κ1) is 29.2. The number of hydrogen-bond acceptors (Lipinski definition) is 5. The van der Waals surface area contributed by atoms with Crippen molar-refractivity contribution in [1.29, 1.82) is 5.26 Å². The van der Waals surface area contributed by atoms with Crippen LogP contribution in [0.25, 0.3) is 10.8 Å². The van der Waals surface area contributed by atoms with Gasteiger partial charge in [0.15, 0.2) is 5.82 Å². The van der Waals surface area contributed by atoms with Gasteiger partial charge in [-0.3, -0.25) is 0 Å². The van der Waals surface area contributed by atoms with Gasteiger partial charge in [0.1, 0.15) is 0 Å². The number of nitriles is 1. The van der Waals surface area contributed by atoms with Crippen LogP contribution in [-0.2, 0) is 0 Å². The molecule has 1 heterocycles. The Balaban J connectivity index is 0.000000631. The molecule has 0 radical (unpaired) electrons. The molecule has 2 aromatic carbocycles. The van der Waals surface area contributed by atoms with Crippen LogP contribution in [0.3, 0.4) is 0 Å². The molecule has 3 aromatic rings. The molecular formula is C28H40ClN5. The summed E-state index contributed by atoms with van der Waals surface area (Å²) in [5.41, 5.74) is 4.37. The molecule has 34 heavy (non-hydrogen) atoms. The third-order valence-corrected chi connectivity index (χ3v) is 5.91. The van der Waals surface area contributed by atoms with E-state index in [1.54, 1.807) is 0 Å². The topological polar surface area (TPSA) is 73.6 Å². The second-order valence-corrected chi connectivity index (χ2v) is 8.37. The summed E-state index contributed by atoms with van der Waals surface area (Å²) in [6, 6.07) is 11.8. The van der Waals surface area contributed by atoms with E-state index in [9.17, 15) is 5.26 Å². The second-order valence-electron chi connectivity index (χ2n) is 7.97. The van der Waals surface area contributed by atoms with Crippen molar-refractivity contribution in [3.63, 3.8) is 0 Å². The molecule has 2 N–H and O–H groups in total. The molecule has 1 aromatic heterocycles. The number of hydrogen-bond donors (Lipinski definition) is 2. The molecule has 0 aliphatic heterocycles. The number of fused-ring (bicyclic) bond motifs is 1. The van der Waals surface area contributed by atoms with Crippen LogP contribution < -0.4 is 10.6 Å². The Labute approximate surface area is 210 Å². The van der Waals surface area contributed by atoms with Crippen molar-refractivity contribution in [3.05, 3.63) is 57.7 Å². The molecule has 0 bridgehead atoms. The van der Waals surface area contributed by atoms with Crippen molar-refractivity contribution < 1.29 is 0 Å². The number of nitrogens with zero attached hydrogens (tertiary/aromatic N) is 3. The summed E-state index contributed by atoms with van der Waals surface area (Å²) in [6.45, 7) is 14.4. The van der Waals surface area contributed by atoms with E-state index in [-0.39, 0.29) is 6.04 Å². The van der Waals surface area contributed by atoms with Gasteiger partial charge in [0.25, 0.3) is 0 Å². The smallest absolute Gasteiger partial charge is 0.157 e. The van der Waals surface area contributed by atoms with Crippen molar-refractivity contribution in [2.45, 2.75) is 80.2 Å². The maximum atomic E-state index is 9.26. The third kappa shape index (κ3) is 7.60. The van der Waals surface area contributed by atoms with Crippen LogP contribution in [0, 0.1) is 25.2 Å². The highest BCUT2D eigenvalue weighted by molar-refractivity contribution is 6.34. The molecule has 5 nitrogen and oxygen atoms in total. The highest BCUT2D eigenvalue weighted by atomic mass is 35.5. The number of benzene rings is 2. The van der Waals surface area contributed by atoms with Crippen LogP contribution in [0.15, 0.2) is 30.3 Å². The van der Waals surface area contributed by atoms with Gasteiger partial charge >= 0.3 is 0 Å². The van der Waals surface area contributed by atoms with E-state index in [0.29, 0.717) is 16.4 Å². The minimum absolute atomic E-state index is 0.0304. The predicted molar refractivity (Wildman–Crippen MR) is 148 cm³/mol. The van der Waals surface area contributed by atoms with Crippen molar-refractivity contribution in [1.82, 2.24) is 10.2 Å². The highest BCUT2D eigenvalue weighted by Crippen LogP contribution is 2.33. The first-order valence-corrected chi connectivity index (χ1v) is 12.7. The number of anilines is 2. The molecule has 0 unspecified atom stereocenters. The zero-order valence-electron chi connectivity index (χ0n) is 22.0. The van der Waals surface area contributed by atoms with E-state index in [1.165, 1.54) is 25.7 Å². The molecule has 0 saturated heterocycles. The van der Waals surface area contributed by atoms with E-state index in [1.807, 2.05) is 72.0 Å². The highest BCUT2D eigenvalue weighted by Gasteiger charge is 2.15. The fraction of sp³-hybridized carbons (Fsp3) is 0.464. The standard InChI is InChI=1S/C20H20ClN5.C6H14.C2H6/c1-11-14(10-22)6-5-7-15(11)12(2)24-20-17-9-19(23-4)18(21)8-16(17)13(3)25-26-20;1-3-5-6-4-2;1-2/h5-9,12,23H,1-4H3,(H,24,26);3-6H2,1-2H3;1-2H3/t12-;;/m1../s1. The zero-order valence-corrected chi connectivity index (χ0v) is 22.8. The maximum absolute atomic E-state index is 9.26. The van der Waals surface area contributed by atoms with Crippen LogP contribution in [0.5, 0.6) is 0 Å². The van der Waals surface area contributed by atoms with E-state index in [2.05, 4.69) is 40.7 Å². The van der Waals surface area contributed by atoms with Gasteiger partial charge < -0.3 is 10.6 Å². The molecule has 0 fully saturated rings. The van der Waals surface area contributed by atoms with Gasteiger partial charge in [-0.15, -0.1) is 5.10 Å². The minimum Gasteiger partial charge on any atom is -0.387 e. The van der Waals surface area contributed by atoms with Gasteiger partial charge in [-0.2, -0.15) is 10.4 Å². The van der Waals surface area contributed by atoms with Crippen molar-refractivity contribution in [2.75, 3.05) is 17.7 Å². The Kier molecular flexibility index (Phi) is 13.0. The minimum atomic E-state index is -0.0304. The van der Waals surface area contributed by atoms with Crippen molar-refractivity contribution in [3.8, 4) is 6.07 Å². The molecule has 184 valence electrons. The Bertz CT molecular complexity index is 1080. The average Bonchev–Trinajstić information content (AvgIpc) is 2.86. The van der Waals surface area contributed by atoms with Gasteiger partial charge in [0.2, 0.25) is 0 Å². The molecule has 0 spiro atoms. The number of aryl methyl sites for hydroxylation is 1. The van der Waals surface area contributed by atoms with Gasteiger partial charge in [0, 0.05) is 17.8 Å². The molecule has 0 aliphatic rings. The van der Waals surface area contributed by atoms with Gasteiger partial charge in [-0.1, -0.05) is 77.1 Å². The molecule has 1 atom stereocenters.